The van der Waals surface area contributed by atoms with E-state index in [0.29, 0.717) is 17.2 Å². The number of rotatable bonds is 6. The van der Waals surface area contributed by atoms with Gasteiger partial charge in [0.1, 0.15) is 23.8 Å². The molecular formula is C22H22N6O4. The van der Waals surface area contributed by atoms with Gasteiger partial charge in [-0.05, 0) is 44.2 Å². The van der Waals surface area contributed by atoms with Crippen LogP contribution in [-0.4, -0.2) is 31.8 Å². The summed E-state index contributed by atoms with van der Waals surface area (Å²) in [5, 5.41) is 11.2. The van der Waals surface area contributed by atoms with Gasteiger partial charge < -0.3 is 9.15 Å². The molecule has 0 bridgehead atoms. The molecule has 0 aliphatic carbocycles. The Bertz CT molecular complexity index is 1250. The Morgan fingerprint density at radius 1 is 1.09 bits per heavy atom. The van der Waals surface area contributed by atoms with E-state index in [2.05, 4.69) is 26.1 Å². The summed E-state index contributed by atoms with van der Waals surface area (Å²) in [7, 11) is 1.84. The molecule has 0 saturated carbocycles. The first-order valence-corrected chi connectivity index (χ1v) is 9.85. The van der Waals surface area contributed by atoms with Gasteiger partial charge in [0, 0.05) is 18.3 Å². The minimum Gasteiger partial charge on any atom is -0.486 e. The molecule has 10 nitrogen and oxygen atoms in total. The van der Waals surface area contributed by atoms with E-state index in [1.54, 1.807) is 16.8 Å². The standard InChI is InChI=1S/C22H22N6O4/c1-13-20(14(2)28(3)27-13)17-11-18(24-23-17)21(29)25-26-22(30)19-10-9-16(32-19)12-31-15-7-5-4-6-8-15/h4-11H,12H2,1-3H3,(H,23,24)(H,25,29)(H,26,30). The molecule has 0 fully saturated rings. The molecular weight excluding hydrogens is 412 g/mol. The van der Waals surface area contributed by atoms with Gasteiger partial charge in [0.15, 0.2) is 5.76 Å². The van der Waals surface area contributed by atoms with E-state index in [1.165, 1.54) is 6.07 Å². The van der Waals surface area contributed by atoms with Crippen LogP contribution in [0.3, 0.4) is 0 Å². The molecule has 3 aromatic heterocycles. The molecule has 0 saturated heterocycles. The molecule has 10 heteroatoms. The number of aromatic amines is 1. The Balaban J connectivity index is 1.33. The first kappa shape index (κ1) is 20.9. The molecule has 0 radical (unpaired) electrons. The van der Waals surface area contributed by atoms with E-state index in [9.17, 15) is 9.59 Å². The van der Waals surface area contributed by atoms with Gasteiger partial charge >= 0.3 is 5.91 Å². The van der Waals surface area contributed by atoms with E-state index in [0.717, 1.165) is 17.0 Å². The smallest absolute Gasteiger partial charge is 0.305 e. The van der Waals surface area contributed by atoms with Crippen LogP contribution >= 0.6 is 0 Å². The van der Waals surface area contributed by atoms with Gasteiger partial charge in [-0.2, -0.15) is 10.2 Å². The van der Waals surface area contributed by atoms with Crippen LogP contribution in [0.25, 0.3) is 11.3 Å². The third-order valence-corrected chi connectivity index (χ3v) is 4.89. The second-order valence-electron chi connectivity index (χ2n) is 7.11. The van der Waals surface area contributed by atoms with E-state index in [1.807, 2.05) is 51.2 Å². The second-order valence-corrected chi connectivity index (χ2v) is 7.11. The highest BCUT2D eigenvalue weighted by molar-refractivity contribution is 5.97. The lowest BCUT2D eigenvalue weighted by molar-refractivity contribution is 0.0826. The van der Waals surface area contributed by atoms with Crippen molar-refractivity contribution in [2.75, 3.05) is 0 Å². The molecule has 4 aromatic rings. The van der Waals surface area contributed by atoms with Crippen molar-refractivity contribution < 1.29 is 18.7 Å². The molecule has 0 aliphatic rings. The fourth-order valence-corrected chi connectivity index (χ4v) is 3.20. The maximum Gasteiger partial charge on any atom is 0.305 e. The number of H-pyrrole nitrogens is 1. The van der Waals surface area contributed by atoms with Gasteiger partial charge in [-0.3, -0.25) is 30.2 Å². The average Bonchev–Trinajstić information content (AvgIpc) is 3.51. The van der Waals surface area contributed by atoms with E-state index >= 15 is 0 Å². The Kier molecular flexibility index (Phi) is 5.75. The Labute approximate surface area is 183 Å². The number of aromatic nitrogens is 4. The van der Waals surface area contributed by atoms with Crippen LogP contribution < -0.4 is 15.6 Å². The zero-order valence-electron chi connectivity index (χ0n) is 17.8. The van der Waals surface area contributed by atoms with Crippen molar-refractivity contribution in [1.29, 1.82) is 0 Å². The summed E-state index contributed by atoms with van der Waals surface area (Å²) in [5.74, 6) is 0.0749. The zero-order chi connectivity index (χ0) is 22.7. The van der Waals surface area contributed by atoms with Crippen molar-refractivity contribution in [2.45, 2.75) is 20.5 Å². The number of hydrogen-bond donors (Lipinski definition) is 3. The minimum atomic E-state index is -0.594. The zero-order valence-corrected chi connectivity index (χ0v) is 17.8. The number of furan rings is 1. The van der Waals surface area contributed by atoms with Crippen molar-refractivity contribution >= 4 is 11.8 Å². The number of carbonyl (C=O) groups excluding carboxylic acids is 2. The van der Waals surface area contributed by atoms with Crippen molar-refractivity contribution in [1.82, 2.24) is 30.8 Å². The van der Waals surface area contributed by atoms with E-state index in [4.69, 9.17) is 9.15 Å². The van der Waals surface area contributed by atoms with Gasteiger partial charge in [0.25, 0.3) is 5.91 Å². The number of hydrogen-bond acceptors (Lipinski definition) is 6. The van der Waals surface area contributed by atoms with Crippen molar-refractivity contribution in [3.8, 4) is 17.0 Å². The highest BCUT2D eigenvalue weighted by atomic mass is 16.5. The van der Waals surface area contributed by atoms with Gasteiger partial charge in [0.2, 0.25) is 0 Å². The molecule has 32 heavy (non-hydrogen) atoms. The molecule has 0 aliphatic heterocycles. The van der Waals surface area contributed by atoms with Crippen LogP contribution in [0, 0.1) is 13.8 Å². The lowest BCUT2D eigenvalue weighted by Gasteiger charge is -2.05. The molecule has 3 heterocycles. The average molecular weight is 434 g/mol. The third-order valence-electron chi connectivity index (χ3n) is 4.89. The normalized spacial score (nSPS) is 10.7. The first-order valence-electron chi connectivity index (χ1n) is 9.85. The molecule has 0 atom stereocenters. The van der Waals surface area contributed by atoms with Crippen LogP contribution in [0.1, 0.15) is 38.2 Å². The van der Waals surface area contributed by atoms with Gasteiger partial charge in [0.05, 0.1) is 11.4 Å². The molecule has 3 N–H and O–H groups in total. The number of nitrogens with one attached hydrogen (secondary N) is 3. The van der Waals surface area contributed by atoms with Gasteiger partial charge in [-0.15, -0.1) is 0 Å². The number of nitrogens with zero attached hydrogens (tertiary/aromatic N) is 3. The highest BCUT2D eigenvalue weighted by Crippen LogP contribution is 2.25. The fraction of sp³-hybridized carbons (Fsp3) is 0.182. The SMILES string of the molecule is Cc1nn(C)c(C)c1-c1cc(C(=O)NNC(=O)c2ccc(COc3ccccc3)o2)[nH]n1. The van der Waals surface area contributed by atoms with Crippen LogP contribution in [0.5, 0.6) is 5.75 Å². The number of benzene rings is 1. The van der Waals surface area contributed by atoms with E-state index < -0.39 is 11.8 Å². The summed E-state index contributed by atoms with van der Waals surface area (Å²) in [6.07, 6.45) is 0. The topological polar surface area (TPSA) is 127 Å². The number of aryl methyl sites for hydroxylation is 2. The fourth-order valence-electron chi connectivity index (χ4n) is 3.20. The third kappa shape index (κ3) is 4.38. The summed E-state index contributed by atoms with van der Waals surface area (Å²) in [6.45, 7) is 3.97. The Morgan fingerprint density at radius 3 is 2.56 bits per heavy atom. The minimum absolute atomic E-state index is 0.0453. The monoisotopic (exact) mass is 434 g/mol. The summed E-state index contributed by atoms with van der Waals surface area (Å²) in [5.41, 5.74) is 8.05. The molecule has 164 valence electrons. The number of carbonyl (C=O) groups is 2. The van der Waals surface area contributed by atoms with Crippen molar-refractivity contribution in [2.24, 2.45) is 7.05 Å². The maximum absolute atomic E-state index is 12.4. The van der Waals surface area contributed by atoms with Crippen LogP contribution in [0.2, 0.25) is 0 Å². The predicted octanol–water partition coefficient (Wildman–Crippen LogP) is 2.67. The summed E-state index contributed by atoms with van der Waals surface area (Å²) in [4.78, 5) is 24.7. The molecule has 4 rings (SSSR count). The predicted molar refractivity (Wildman–Crippen MR) is 115 cm³/mol. The van der Waals surface area contributed by atoms with Crippen LogP contribution in [0.4, 0.5) is 0 Å². The first-order chi connectivity index (χ1) is 15.4. The number of hydrazine groups is 1. The largest absolute Gasteiger partial charge is 0.486 e. The Morgan fingerprint density at radius 2 is 1.84 bits per heavy atom. The lowest BCUT2D eigenvalue weighted by atomic mass is 10.1. The summed E-state index contributed by atoms with van der Waals surface area (Å²) in [6, 6.07) is 14.0. The quantitative estimate of drug-likeness (QED) is 0.401. The van der Waals surface area contributed by atoms with Crippen molar-refractivity contribution in [3.05, 3.63) is 77.1 Å². The molecule has 1 aromatic carbocycles. The van der Waals surface area contributed by atoms with Gasteiger partial charge in [-0.25, -0.2) is 0 Å². The highest BCUT2D eigenvalue weighted by Gasteiger charge is 2.18. The van der Waals surface area contributed by atoms with Crippen molar-refractivity contribution in [3.63, 3.8) is 0 Å². The summed E-state index contributed by atoms with van der Waals surface area (Å²) < 4.78 is 12.8. The molecule has 2 amide bonds. The number of para-hydroxylation sites is 1. The molecule has 0 unspecified atom stereocenters. The van der Waals surface area contributed by atoms with Crippen LogP contribution in [0.15, 0.2) is 52.9 Å². The van der Waals surface area contributed by atoms with Crippen LogP contribution in [-0.2, 0) is 13.7 Å². The maximum atomic E-state index is 12.4. The van der Waals surface area contributed by atoms with Gasteiger partial charge in [-0.1, -0.05) is 18.2 Å². The number of amides is 2. The lowest BCUT2D eigenvalue weighted by Crippen LogP contribution is -2.41. The Hall–Kier alpha value is -4.34. The molecule has 0 spiro atoms. The second kappa shape index (κ2) is 8.80. The number of ether oxygens (including phenoxy) is 1. The summed E-state index contributed by atoms with van der Waals surface area (Å²) >= 11 is 0. The van der Waals surface area contributed by atoms with E-state index in [-0.39, 0.29) is 18.1 Å².